The molecule has 0 aliphatic heterocycles. The number of carbonyl (C=O) groups is 1. The van der Waals surface area contributed by atoms with E-state index in [1.807, 2.05) is 0 Å². The number of aromatic hydroxyl groups is 1. The third kappa shape index (κ3) is 8.64. The first kappa shape index (κ1) is 33.3. The zero-order valence-electron chi connectivity index (χ0n) is 20.2. The molecule has 0 saturated heterocycles. The molecular weight excluding hydrogens is 667 g/mol. The molecule has 0 atom stereocenters. The molecule has 0 aliphatic carbocycles. The minimum atomic E-state index is -5.30. The number of carbonyl (C=O) groups excluding carboxylic acids is 1. The number of pyridine rings is 1. The molecule has 0 bridgehead atoms. The third-order valence-corrected chi connectivity index (χ3v) is 4.54. The van der Waals surface area contributed by atoms with Crippen LogP contribution in [0.2, 0.25) is 0 Å². The standard InChI is InChI=1S/C21H12F3NO3.2C2H6OS.Eu/c22-21(23,24)19(27)17-18(26)16-14-9-5-4-6-12(14)10-11-15(16)25(20(17)28)13-7-2-1-3-8-13;2*1-4(2)3;/h1-11,26H;2*1-2H3;. The molecule has 4 rings (SSSR count). The fourth-order valence-electron chi connectivity index (χ4n) is 3.32. The molecule has 0 amide bonds. The first-order chi connectivity index (χ1) is 16.8. The summed E-state index contributed by atoms with van der Waals surface area (Å²) in [7, 11) is -1.22. The van der Waals surface area contributed by atoms with Gasteiger partial charge in [0.05, 0.1) is 5.52 Å². The summed E-state index contributed by atoms with van der Waals surface area (Å²) in [5, 5.41) is 11.7. The number of Topliss-reactive ketones (excluding diaryl/α,β-unsaturated/α-hetero) is 1. The van der Waals surface area contributed by atoms with Gasteiger partial charge in [-0.2, -0.15) is 13.2 Å². The first-order valence-electron chi connectivity index (χ1n) is 10.2. The molecule has 199 valence electrons. The second kappa shape index (κ2) is 14.4. The molecule has 1 radical (unpaired) electrons. The van der Waals surface area contributed by atoms with E-state index in [2.05, 4.69) is 0 Å². The summed E-state index contributed by atoms with van der Waals surface area (Å²) >= 11 is 0. The van der Waals surface area contributed by atoms with Crippen LogP contribution in [0.1, 0.15) is 10.4 Å². The number of benzene rings is 3. The molecule has 0 saturated carbocycles. The van der Waals surface area contributed by atoms with E-state index >= 15 is 0 Å². The zero-order valence-corrected chi connectivity index (χ0v) is 24.3. The monoisotopic (exact) mass is 692 g/mol. The fourth-order valence-corrected chi connectivity index (χ4v) is 3.32. The topological polar surface area (TPSA) is 93.4 Å². The van der Waals surface area contributed by atoms with Gasteiger partial charge in [-0.15, -0.1) is 0 Å². The van der Waals surface area contributed by atoms with E-state index in [-0.39, 0.29) is 66.0 Å². The number of ketones is 1. The molecule has 1 aromatic heterocycles. The van der Waals surface area contributed by atoms with Crippen molar-refractivity contribution in [1.29, 1.82) is 0 Å². The second-order valence-corrected chi connectivity index (χ2v) is 10.7. The molecular formula is C25H24EuF3NO5S2. The Bertz CT molecular complexity index is 1490. The number of aromatic nitrogens is 1. The fraction of sp³-hybridized carbons (Fsp3) is 0.200. The van der Waals surface area contributed by atoms with Gasteiger partial charge < -0.3 is 5.11 Å². The van der Waals surface area contributed by atoms with Gasteiger partial charge in [0, 0.05) is 107 Å². The van der Waals surface area contributed by atoms with Crippen molar-refractivity contribution in [3.63, 3.8) is 0 Å². The predicted octanol–water partition coefficient (Wildman–Crippen LogP) is 4.58. The van der Waals surface area contributed by atoms with Gasteiger partial charge >= 0.3 is 6.18 Å². The van der Waals surface area contributed by atoms with Crippen molar-refractivity contribution in [2.24, 2.45) is 0 Å². The van der Waals surface area contributed by atoms with E-state index in [1.54, 1.807) is 73.6 Å². The van der Waals surface area contributed by atoms with Crippen molar-refractivity contribution in [3.05, 3.63) is 82.6 Å². The zero-order chi connectivity index (χ0) is 27.2. The van der Waals surface area contributed by atoms with Gasteiger partial charge in [0.1, 0.15) is 11.3 Å². The Morgan fingerprint density at radius 3 is 1.84 bits per heavy atom. The number of fused-ring (bicyclic) bond motifs is 3. The van der Waals surface area contributed by atoms with Crippen LogP contribution in [0.25, 0.3) is 27.4 Å². The molecule has 12 heteroatoms. The third-order valence-electron chi connectivity index (χ3n) is 4.54. The van der Waals surface area contributed by atoms with Crippen molar-refractivity contribution in [1.82, 2.24) is 4.57 Å². The SMILES string of the molecule is CS(C)=O.CS(C)=O.O=C(c1c(O)c2c3ccccc3ccc2n(-c2ccccc2)c1=O)C(F)(F)F.[Eu]. The number of halogens is 3. The second-order valence-electron chi connectivity index (χ2n) is 7.69. The van der Waals surface area contributed by atoms with Crippen LogP contribution >= 0.6 is 0 Å². The van der Waals surface area contributed by atoms with Gasteiger partial charge in [0.25, 0.3) is 11.3 Å². The van der Waals surface area contributed by atoms with Crippen LogP contribution in [0, 0.1) is 49.4 Å². The molecule has 0 fully saturated rings. The Balaban J connectivity index is 0.000000671. The molecule has 1 heterocycles. The van der Waals surface area contributed by atoms with E-state index in [9.17, 15) is 36.3 Å². The largest absolute Gasteiger partial charge is 0.506 e. The van der Waals surface area contributed by atoms with Gasteiger partial charge in [-0.05, 0) is 29.0 Å². The molecule has 6 nitrogen and oxygen atoms in total. The maximum Gasteiger partial charge on any atom is 0.455 e. The Morgan fingerprint density at radius 2 is 1.32 bits per heavy atom. The first-order valence-corrected chi connectivity index (χ1v) is 14.2. The summed E-state index contributed by atoms with van der Waals surface area (Å²) in [6.45, 7) is 0. The van der Waals surface area contributed by atoms with Gasteiger partial charge in [-0.25, -0.2) is 0 Å². The van der Waals surface area contributed by atoms with Gasteiger partial charge in [0.2, 0.25) is 0 Å². The predicted molar refractivity (Wildman–Crippen MR) is 139 cm³/mol. The number of alkyl halides is 3. The normalized spacial score (nSPS) is 10.8. The summed E-state index contributed by atoms with van der Waals surface area (Å²) in [6, 6.07) is 18.0. The van der Waals surface area contributed by atoms with Crippen molar-refractivity contribution >= 4 is 49.1 Å². The summed E-state index contributed by atoms with van der Waals surface area (Å²) in [5.41, 5.74) is -2.04. The van der Waals surface area contributed by atoms with Crippen LogP contribution in [0.4, 0.5) is 13.2 Å². The van der Waals surface area contributed by atoms with Crippen LogP contribution in [0.3, 0.4) is 0 Å². The van der Waals surface area contributed by atoms with Crippen molar-refractivity contribution in [3.8, 4) is 11.4 Å². The van der Waals surface area contributed by atoms with E-state index in [4.69, 9.17) is 0 Å². The van der Waals surface area contributed by atoms with Crippen molar-refractivity contribution < 1.29 is 80.9 Å². The smallest absolute Gasteiger partial charge is 0.455 e. The maximum atomic E-state index is 13.1. The summed E-state index contributed by atoms with van der Waals surface area (Å²) in [5.74, 6) is -3.35. The number of rotatable bonds is 2. The molecule has 0 unspecified atom stereocenters. The van der Waals surface area contributed by atoms with E-state index in [1.165, 1.54) is 18.2 Å². The van der Waals surface area contributed by atoms with E-state index in [0.29, 0.717) is 10.8 Å². The number of hydrogen-bond donors (Lipinski definition) is 1. The quantitative estimate of drug-likeness (QED) is 0.246. The van der Waals surface area contributed by atoms with Crippen LogP contribution in [0.5, 0.6) is 5.75 Å². The molecule has 0 aliphatic rings. The minimum Gasteiger partial charge on any atom is -0.506 e. The maximum absolute atomic E-state index is 13.1. The summed E-state index contributed by atoms with van der Waals surface area (Å²) in [6.07, 6.45) is 1.25. The molecule has 0 spiro atoms. The Hall–Kier alpha value is -1.73. The Labute approximate surface area is 257 Å². The average molecular weight is 692 g/mol. The number of nitrogens with zero attached hydrogens (tertiary/aromatic N) is 1. The van der Waals surface area contributed by atoms with Crippen LogP contribution in [-0.2, 0) is 21.6 Å². The van der Waals surface area contributed by atoms with Crippen molar-refractivity contribution in [2.75, 3.05) is 25.0 Å². The van der Waals surface area contributed by atoms with E-state index < -0.39 is 50.4 Å². The average Bonchev–Trinajstić information content (AvgIpc) is 2.78. The van der Waals surface area contributed by atoms with Gasteiger partial charge in [0.15, 0.2) is 0 Å². The Morgan fingerprint density at radius 1 is 0.838 bits per heavy atom. The number of para-hydroxylation sites is 1. The van der Waals surface area contributed by atoms with Crippen LogP contribution in [0.15, 0.2) is 71.5 Å². The van der Waals surface area contributed by atoms with E-state index in [0.717, 1.165) is 4.57 Å². The molecule has 4 aromatic rings. The van der Waals surface area contributed by atoms with Gasteiger partial charge in [-0.3, -0.25) is 22.6 Å². The molecule has 3 aromatic carbocycles. The molecule has 37 heavy (non-hydrogen) atoms. The minimum absolute atomic E-state index is 0. The van der Waals surface area contributed by atoms with Gasteiger partial charge in [-0.1, -0.05) is 48.5 Å². The number of hydrogen-bond acceptors (Lipinski definition) is 5. The Kier molecular flexibility index (Phi) is 13.0. The summed E-state index contributed by atoms with van der Waals surface area (Å²) in [4.78, 5) is 24.9. The van der Waals surface area contributed by atoms with Crippen LogP contribution in [-0.4, -0.2) is 55.1 Å². The summed E-state index contributed by atoms with van der Waals surface area (Å²) < 4.78 is 59.5. The van der Waals surface area contributed by atoms with Crippen molar-refractivity contribution in [2.45, 2.75) is 6.18 Å². The van der Waals surface area contributed by atoms with Crippen LogP contribution < -0.4 is 5.56 Å². The molecule has 1 N–H and O–H groups in total.